The maximum atomic E-state index is 13.2. The van der Waals surface area contributed by atoms with Crippen LogP contribution < -0.4 is 5.32 Å². The number of Topliss-reactive ketones (excluding diaryl/α,β-unsaturated/α-hetero) is 1. The van der Waals surface area contributed by atoms with Crippen molar-refractivity contribution in [1.82, 2.24) is 0 Å². The maximum Gasteiger partial charge on any atom is 0.250 e. The fraction of sp³-hybridized carbons (Fsp3) is 0.211. The van der Waals surface area contributed by atoms with E-state index in [1.807, 2.05) is 55.6 Å². The average molecular weight is 336 g/mol. The highest BCUT2D eigenvalue weighted by molar-refractivity contribution is 8.06. The van der Waals surface area contributed by atoms with Gasteiger partial charge >= 0.3 is 0 Å². The topological polar surface area (TPSA) is 70.0 Å². The molecule has 1 heterocycles. The molecule has 0 bridgehead atoms. The summed E-state index contributed by atoms with van der Waals surface area (Å²) in [5, 5.41) is 14.0. The van der Waals surface area contributed by atoms with E-state index in [1.54, 1.807) is 6.07 Å². The molecular formula is C19H16N2O2S. The summed E-state index contributed by atoms with van der Waals surface area (Å²) < 4.78 is -1.46. The highest BCUT2D eigenvalue weighted by Crippen LogP contribution is 2.40. The number of anilines is 1. The molecule has 24 heavy (non-hydrogen) atoms. The van der Waals surface area contributed by atoms with Crippen LogP contribution in [0.1, 0.15) is 27.0 Å². The number of fused-ring (bicyclic) bond motifs is 1. The molecule has 2 aromatic carbocycles. The van der Waals surface area contributed by atoms with Crippen LogP contribution in [0.3, 0.4) is 0 Å². The first-order chi connectivity index (χ1) is 11.5. The number of carbonyl (C=O) groups excluding carboxylic acids is 2. The normalized spacial score (nSPS) is 19.4. The van der Waals surface area contributed by atoms with Gasteiger partial charge in [0, 0.05) is 12.0 Å². The van der Waals surface area contributed by atoms with Crippen molar-refractivity contribution in [2.24, 2.45) is 0 Å². The van der Waals surface area contributed by atoms with Crippen molar-refractivity contribution >= 4 is 29.1 Å². The minimum atomic E-state index is -1.46. The molecule has 5 heteroatoms. The molecule has 1 aliphatic heterocycles. The Hall–Kier alpha value is -2.58. The molecule has 0 radical (unpaired) electrons. The second kappa shape index (κ2) is 6.14. The zero-order valence-electron chi connectivity index (χ0n) is 13.4. The van der Waals surface area contributed by atoms with Gasteiger partial charge in [0.05, 0.1) is 5.69 Å². The third kappa shape index (κ3) is 2.59. The highest BCUT2D eigenvalue weighted by Gasteiger charge is 2.51. The Morgan fingerprint density at radius 2 is 1.88 bits per heavy atom. The van der Waals surface area contributed by atoms with Gasteiger partial charge in [0.15, 0.2) is 10.5 Å². The maximum absolute atomic E-state index is 13.2. The number of nitrogens with one attached hydrogen (secondary N) is 1. The number of hydrogen-bond donors (Lipinski definition) is 1. The zero-order chi connectivity index (χ0) is 17.3. The minimum absolute atomic E-state index is 0.184. The van der Waals surface area contributed by atoms with Gasteiger partial charge < -0.3 is 5.32 Å². The Kier molecular flexibility index (Phi) is 4.16. The summed E-state index contributed by atoms with van der Waals surface area (Å²) in [5.41, 5.74) is 3.66. The SMILES string of the molecule is Cc1cc(C)c2c(c1)NC(=O)C(Cc1ccccc1)(SC#N)C2=O. The third-order valence-electron chi connectivity index (χ3n) is 4.20. The quantitative estimate of drug-likeness (QED) is 0.686. The fourth-order valence-corrected chi connectivity index (χ4v) is 3.88. The van der Waals surface area contributed by atoms with Crippen LogP contribution in [-0.4, -0.2) is 16.4 Å². The van der Waals surface area contributed by atoms with Gasteiger partial charge in [-0.2, -0.15) is 5.26 Å². The van der Waals surface area contributed by atoms with Crippen LogP contribution in [0, 0.1) is 24.5 Å². The van der Waals surface area contributed by atoms with Gasteiger partial charge in [-0.15, -0.1) is 0 Å². The number of rotatable bonds is 3. The van der Waals surface area contributed by atoms with Gasteiger partial charge in [0.2, 0.25) is 5.91 Å². The van der Waals surface area contributed by atoms with Crippen molar-refractivity contribution < 1.29 is 9.59 Å². The smallest absolute Gasteiger partial charge is 0.250 e. The Balaban J connectivity index is 2.14. The number of ketones is 1. The summed E-state index contributed by atoms with van der Waals surface area (Å²) in [7, 11) is 0. The summed E-state index contributed by atoms with van der Waals surface area (Å²) in [6, 6.07) is 13.0. The zero-order valence-corrected chi connectivity index (χ0v) is 14.2. The first-order valence-electron chi connectivity index (χ1n) is 7.56. The van der Waals surface area contributed by atoms with E-state index in [-0.39, 0.29) is 12.2 Å². The number of benzene rings is 2. The summed E-state index contributed by atoms with van der Waals surface area (Å²) in [5.74, 6) is -0.727. The van der Waals surface area contributed by atoms with E-state index in [2.05, 4.69) is 5.32 Å². The number of carbonyl (C=O) groups is 2. The molecule has 3 rings (SSSR count). The Morgan fingerprint density at radius 3 is 2.54 bits per heavy atom. The first kappa shape index (κ1) is 16.3. The molecule has 1 amide bonds. The summed E-state index contributed by atoms with van der Waals surface area (Å²) >= 11 is 0.731. The second-order valence-corrected chi connectivity index (χ2v) is 7.05. The molecule has 0 saturated carbocycles. The van der Waals surface area contributed by atoms with Crippen molar-refractivity contribution in [2.75, 3.05) is 5.32 Å². The number of amides is 1. The number of nitriles is 1. The highest BCUT2D eigenvalue weighted by atomic mass is 32.2. The van der Waals surface area contributed by atoms with Crippen molar-refractivity contribution in [3.63, 3.8) is 0 Å². The number of aryl methyl sites for hydroxylation is 2. The van der Waals surface area contributed by atoms with E-state index in [1.165, 1.54) is 0 Å². The van der Waals surface area contributed by atoms with Crippen LogP contribution in [0.25, 0.3) is 0 Å². The molecule has 0 saturated heterocycles. The molecule has 120 valence electrons. The lowest BCUT2D eigenvalue weighted by Gasteiger charge is -2.34. The third-order valence-corrected chi connectivity index (χ3v) is 5.16. The fourth-order valence-electron chi connectivity index (χ4n) is 3.15. The predicted octanol–water partition coefficient (Wildman–Crippen LogP) is 3.63. The van der Waals surface area contributed by atoms with Crippen LogP contribution in [0.15, 0.2) is 42.5 Å². The van der Waals surface area contributed by atoms with Gasteiger partial charge in [0.1, 0.15) is 5.40 Å². The molecule has 0 aromatic heterocycles. The lowest BCUT2D eigenvalue weighted by atomic mass is 9.83. The molecular weight excluding hydrogens is 320 g/mol. The number of nitrogens with zero attached hydrogens (tertiary/aromatic N) is 1. The first-order valence-corrected chi connectivity index (χ1v) is 8.38. The number of thiocyanates is 1. The second-order valence-electron chi connectivity index (χ2n) is 5.97. The van der Waals surface area contributed by atoms with E-state index >= 15 is 0 Å². The number of thioether (sulfide) groups is 1. The summed E-state index contributed by atoms with van der Waals surface area (Å²) in [6.45, 7) is 3.77. The molecule has 0 spiro atoms. The van der Waals surface area contributed by atoms with Gasteiger partial charge in [-0.25, -0.2) is 0 Å². The minimum Gasteiger partial charge on any atom is -0.324 e. The van der Waals surface area contributed by atoms with Crippen molar-refractivity contribution in [3.8, 4) is 5.40 Å². The van der Waals surface area contributed by atoms with E-state index in [0.29, 0.717) is 11.3 Å². The monoisotopic (exact) mass is 336 g/mol. The largest absolute Gasteiger partial charge is 0.324 e. The summed E-state index contributed by atoms with van der Waals surface area (Å²) in [6.07, 6.45) is 0.184. The molecule has 0 aliphatic carbocycles. The van der Waals surface area contributed by atoms with E-state index in [0.717, 1.165) is 28.5 Å². The van der Waals surface area contributed by atoms with Gasteiger partial charge in [-0.1, -0.05) is 36.4 Å². The lowest BCUT2D eigenvalue weighted by molar-refractivity contribution is -0.117. The molecule has 0 fully saturated rings. The van der Waals surface area contributed by atoms with Crippen molar-refractivity contribution in [2.45, 2.75) is 25.0 Å². The Bertz CT molecular complexity index is 871. The predicted molar refractivity (Wildman–Crippen MR) is 95.0 cm³/mol. The standard InChI is InChI=1S/C19H16N2O2S/c1-12-8-13(2)16-15(9-12)21-18(23)19(17(16)22,24-11-20)10-14-6-4-3-5-7-14/h3-9H,10H2,1-2H3,(H,21,23). The van der Waals surface area contributed by atoms with Crippen LogP contribution >= 0.6 is 11.8 Å². The molecule has 1 N–H and O–H groups in total. The van der Waals surface area contributed by atoms with E-state index < -0.39 is 10.7 Å². The van der Waals surface area contributed by atoms with Crippen molar-refractivity contribution in [3.05, 3.63) is 64.7 Å². The number of hydrogen-bond acceptors (Lipinski definition) is 4. The van der Waals surface area contributed by atoms with Crippen LogP contribution in [0.5, 0.6) is 0 Å². The van der Waals surface area contributed by atoms with E-state index in [4.69, 9.17) is 0 Å². The molecule has 1 aliphatic rings. The van der Waals surface area contributed by atoms with Gasteiger partial charge in [0.25, 0.3) is 0 Å². The Labute approximate surface area is 144 Å². The van der Waals surface area contributed by atoms with Crippen LogP contribution in [0.2, 0.25) is 0 Å². The van der Waals surface area contributed by atoms with Crippen molar-refractivity contribution in [1.29, 1.82) is 5.26 Å². The molecule has 1 atom stereocenters. The van der Waals surface area contributed by atoms with Crippen LogP contribution in [-0.2, 0) is 11.2 Å². The van der Waals surface area contributed by atoms with Crippen LogP contribution in [0.4, 0.5) is 5.69 Å². The molecule has 4 nitrogen and oxygen atoms in total. The van der Waals surface area contributed by atoms with Gasteiger partial charge in [-0.05, 0) is 48.4 Å². The van der Waals surface area contributed by atoms with Gasteiger partial charge in [-0.3, -0.25) is 9.59 Å². The lowest BCUT2D eigenvalue weighted by Crippen LogP contribution is -2.52. The Morgan fingerprint density at radius 1 is 1.17 bits per heavy atom. The molecule has 2 aromatic rings. The average Bonchev–Trinajstić information content (AvgIpc) is 2.53. The summed E-state index contributed by atoms with van der Waals surface area (Å²) in [4.78, 5) is 26.0. The molecule has 1 unspecified atom stereocenters. The van der Waals surface area contributed by atoms with E-state index in [9.17, 15) is 14.9 Å².